The fourth-order valence-corrected chi connectivity index (χ4v) is 3.26. The van der Waals surface area contributed by atoms with E-state index in [4.69, 9.17) is 0 Å². The van der Waals surface area contributed by atoms with Gasteiger partial charge in [-0.25, -0.2) is 4.39 Å². The normalized spacial score (nSPS) is 16.1. The van der Waals surface area contributed by atoms with Crippen molar-refractivity contribution >= 4 is 17.6 Å². The summed E-state index contributed by atoms with van der Waals surface area (Å²) in [6.45, 7) is 6.91. The Hall–Kier alpha value is -2.28. The van der Waals surface area contributed by atoms with Crippen LogP contribution in [0.4, 0.5) is 4.39 Å². The van der Waals surface area contributed by atoms with Crippen LogP contribution in [0.15, 0.2) is 24.3 Å². The predicted octanol–water partition coefficient (Wildman–Crippen LogP) is 2.09. The molecule has 1 atom stereocenters. The quantitative estimate of drug-likeness (QED) is 0.689. The molecule has 0 bridgehead atoms. The van der Waals surface area contributed by atoms with Crippen LogP contribution in [0.2, 0.25) is 0 Å². The first-order chi connectivity index (χ1) is 13.3. The number of nitrogens with one attached hydrogen (secondary N) is 1. The van der Waals surface area contributed by atoms with Gasteiger partial charge in [0.1, 0.15) is 11.9 Å². The van der Waals surface area contributed by atoms with E-state index in [1.165, 1.54) is 18.2 Å². The van der Waals surface area contributed by atoms with Crippen molar-refractivity contribution in [1.29, 1.82) is 0 Å². The molecule has 1 heterocycles. The molecule has 28 heavy (non-hydrogen) atoms. The molecule has 2 amide bonds. The Morgan fingerprint density at radius 1 is 1.07 bits per heavy atom. The molecule has 1 aromatic rings. The van der Waals surface area contributed by atoms with Gasteiger partial charge in [-0.1, -0.05) is 26.0 Å². The largest absolute Gasteiger partial charge is 0.344 e. The molecular weight excluding hydrogens is 361 g/mol. The fourth-order valence-electron chi connectivity index (χ4n) is 3.26. The molecule has 1 aliphatic rings. The highest BCUT2D eigenvalue weighted by atomic mass is 19.1. The van der Waals surface area contributed by atoms with Crippen LogP contribution in [0.3, 0.4) is 0 Å². The average molecular weight is 391 g/mol. The molecule has 0 aliphatic carbocycles. The standard InChI is InChI=1S/C21H30FN3O3/c1-15(2)14-18(21(28)25-12-10-24(3)11-13-25)23-20(27)9-8-19(26)16-6-4-5-7-17(16)22/h4-7,15,18H,8-14H2,1-3H3,(H,23,27). The molecule has 1 N–H and O–H groups in total. The van der Waals surface area contributed by atoms with E-state index in [1.54, 1.807) is 11.0 Å². The number of benzene rings is 1. The third-order valence-electron chi connectivity index (χ3n) is 4.91. The summed E-state index contributed by atoms with van der Waals surface area (Å²) in [7, 11) is 2.02. The summed E-state index contributed by atoms with van der Waals surface area (Å²) < 4.78 is 13.7. The van der Waals surface area contributed by atoms with Crippen LogP contribution in [0, 0.1) is 11.7 Å². The zero-order valence-corrected chi connectivity index (χ0v) is 16.9. The Labute approximate surface area is 166 Å². The molecule has 0 aromatic heterocycles. The van der Waals surface area contributed by atoms with E-state index < -0.39 is 17.6 Å². The molecule has 1 saturated heterocycles. The van der Waals surface area contributed by atoms with E-state index in [2.05, 4.69) is 10.2 Å². The molecule has 6 nitrogen and oxygen atoms in total. The molecule has 1 aliphatic heterocycles. The second kappa shape index (κ2) is 10.3. The first kappa shape index (κ1) is 22.0. The van der Waals surface area contributed by atoms with E-state index in [1.807, 2.05) is 20.9 Å². The molecule has 1 aromatic carbocycles. The molecule has 2 rings (SSSR count). The molecule has 0 saturated carbocycles. The van der Waals surface area contributed by atoms with Gasteiger partial charge in [-0.2, -0.15) is 0 Å². The summed E-state index contributed by atoms with van der Waals surface area (Å²) >= 11 is 0. The maximum absolute atomic E-state index is 13.7. The van der Waals surface area contributed by atoms with Gasteiger partial charge in [0.05, 0.1) is 5.56 Å². The number of carbonyl (C=O) groups excluding carboxylic acids is 3. The topological polar surface area (TPSA) is 69.7 Å². The Bertz CT molecular complexity index is 700. The fraction of sp³-hybridized carbons (Fsp3) is 0.571. The number of hydrogen-bond acceptors (Lipinski definition) is 4. The smallest absolute Gasteiger partial charge is 0.245 e. The lowest BCUT2D eigenvalue weighted by Crippen LogP contribution is -2.54. The Morgan fingerprint density at radius 3 is 2.32 bits per heavy atom. The number of Topliss-reactive ketones (excluding diaryl/α,β-unsaturated/α-hetero) is 1. The molecular formula is C21H30FN3O3. The summed E-state index contributed by atoms with van der Waals surface area (Å²) in [5.41, 5.74) is -0.0115. The van der Waals surface area contributed by atoms with Gasteiger partial charge >= 0.3 is 0 Å². The SMILES string of the molecule is CC(C)CC(NC(=O)CCC(=O)c1ccccc1F)C(=O)N1CCN(C)CC1. The van der Waals surface area contributed by atoms with Gasteiger partial charge in [0.15, 0.2) is 5.78 Å². The van der Waals surface area contributed by atoms with Crippen LogP contribution >= 0.6 is 0 Å². The van der Waals surface area contributed by atoms with E-state index in [0.717, 1.165) is 13.1 Å². The van der Waals surface area contributed by atoms with E-state index >= 15 is 0 Å². The first-order valence-electron chi connectivity index (χ1n) is 9.82. The van der Waals surface area contributed by atoms with Crippen LogP contribution in [-0.2, 0) is 9.59 Å². The highest BCUT2D eigenvalue weighted by Gasteiger charge is 2.28. The third kappa shape index (κ3) is 6.41. The van der Waals surface area contributed by atoms with Gasteiger partial charge in [0.2, 0.25) is 11.8 Å². The lowest BCUT2D eigenvalue weighted by Gasteiger charge is -2.35. The van der Waals surface area contributed by atoms with Gasteiger partial charge in [0, 0.05) is 39.0 Å². The highest BCUT2D eigenvalue weighted by Crippen LogP contribution is 2.13. The van der Waals surface area contributed by atoms with Crippen molar-refractivity contribution in [2.24, 2.45) is 5.92 Å². The minimum atomic E-state index is -0.598. The molecule has 1 fully saturated rings. The van der Waals surface area contributed by atoms with Crippen LogP contribution < -0.4 is 5.32 Å². The molecule has 0 spiro atoms. The number of likely N-dealkylation sites (N-methyl/N-ethyl adjacent to an activating group) is 1. The Balaban J connectivity index is 1.92. The van der Waals surface area contributed by atoms with Gasteiger partial charge in [-0.05, 0) is 31.5 Å². The number of amides is 2. The lowest BCUT2D eigenvalue weighted by atomic mass is 10.0. The minimum absolute atomic E-state index is 0.0115. The lowest BCUT2D eigenvalue weighted by molar-refractivity contribution is -0.138. The number of nitrogens with zero attached hydrogens (tertiary/aromatic N) is 2. The molecule has 0 radical (unpaired) electrons. The number of piperazine rings is 1. The summed E-state index contributed by atoms with van der Waals surface area (Å²) in [6, 6.07) is 5.14. The maximum Gasteiger partial charge on any atom is 0.245 e. The van der Waals surface area contributed by atoms with E-state index in [9.17, 15) is 18.8 Å². The second-order valence-corrected chi connectivity index (χ2v) is 7.78. The number of halogens is 1. The van der Waals surface area contributed by atoms with Crippen LogP contribution in [0.25, 0.3) is 0 Å². The zero-order chi connectivity index (χ0) is 20.7. The molecule has 154 valence electrons. The van der Waals surface area contributed by atoms with Crippen LogP contribution in [0.1, 0.15) is 43.5 Å². The summed E-state index contributed by atoms with van der Waals surface area (Å²) in [5.74, 6) is -1.20. The van der Waals surface area contributed by atoms with Crippen molar-refractivity contribution < 1.29 is 18.8 Å². The predicted molar refractivity (Wildman–Crippen MR) is 105 cm³/mol. The average Bonchev–Trinajstić information content (AvgIpc) is 2.65. The number of rotatable bonds is 8. The first-order valence-corrected chi connectivity index (χ1v) is 9.82. The minimum Gasteiger partial charge on any atom is -0.344 e. The zero-order valence-electron chi connectivity index (χ0n) is 16.9. The summed E-state index contributed by atoms with van der Waals surface area (Å²) in [6.07, 6.45) is 0.375. The summed E-state index contributed by atoms with van der Waals surface area (Å²) in [5, 5.41) is 2.79. The van der Waals surface area contributed by atoms with Crippen molar-refractivity contribution in [3.63, 3.8) is 0 Å². The van der Waals surface area contributed by atoms with Gasteiger partial charge in [-0.15, -0.1) is 0 Å². The van der Waals surface area contributed by atoms with Crippen molar-refractivity contribution in [2.45, 2.75) is 39.2 Å². The number of hydrogen-bond donors (Lipinski definition) is 1. The van der Waals surface area contributed by atoms with Gasteiger partial charge < -0.3 is 15.1 Å². The number of carbonyl (C=O) groups is 3. The van der Waals surface area contributed by atoms with Crippen molar-refractivity contribution in [2.75, 3.05) is 33.2 Å². The van der Waals surface area contributed by atoms with Gasteiger partial charge in [-0.3, -0.25) is 14.4 Å². The number of ketones is 1. The highest BCUT2D eigenvalue weighted by molar-refractivity contribution is 5.98. The van der Waals surface area contributed by atoms with E-state index in [-0.39, 0.29) is 36.1 Å². The monoisotopic (exact) mass is 391 g/mol. The third-order valence-corrected chi connectivity index (χ3v) is 4.91. The van der Waals surface area contributed by atoms with E-state index in [0.29, 0.717) is 19.5 Å². The molecule has 7 heteroatoms. The van der Waals surface area contributed by atoms with Crippen LogP contribution in [-0.4, -0.2) is 66.7 Å². The van der Waals surface area contributed by atoms with Crippen molar-refractivity contribution in [3.8, 4) is 0 Å². The van der Waals surface area contributed by atoms with Crippen molar-refractivity contribution in [3.05, 3.63) is 35.6 Å². The Kier molecular flexibility index (Phi) is 8.11. The van der Waals surface area contributed by atoms with Crippen molar-refractivity contribution in [1.82, 2.24) is 15.1 Å². The Morgan fingerprint density at radius 2 is 1.71 bits per heavy atom. The molecule has 1 unspecified atom stereocenters. The van der Waals surface area contributed by atoms with Gasteiger partial charge in [0.25, 0.3) is 0 Å². The maximum atomic E-state index is 13.7. The summed E-state index contributed by atoms with van der Waals surface area (Å²) in [4.78, 5) is 41.3. The second-order valence-electron chi connectivity index (χ2n) is 7.78. The van der Waals surface area contributed by atoms with Crippen LogP contribution in [0.5, 0.6) is 0 Å².